The molecule has 13 heteroatoms. The van der Waals surface area contributed by atoms with Gasteiger partial charge in [-0.25, -0.2) is 9.59 Å². The van der Waals surface area contributed by atoms with E-state index >= 15 is 0 Å². The molecule has 154 valence electrons. The molecule has 0 aliphatic carbocycles. The SMILES string of the molecule is CCNC(=O)NC(=O)[C@H](C)OC(=O)c1ccc(Sc2nncn2C)c([N+](=O)[O-])c1. The van der Waals surface area contributed by atoms with Crippen LogP contribution >= 0.6 is 11.8 Å². The van der Waals surface area contributed by atoms with Gasteiger partial charge < -0.3 is 14.6 Å². The van der Waals surface area contributed by atoms with Gasteiger partial charge in [0.25, 0.3) is 11.6 Å². The Morgan fingerprint density at radius 1 is 1.38 bits per heavy atom. The molecule has 0 saturated heterocycles. The molecule has 0 spiro atoms. The second kappa shape index (κ2) is 9.64. The van der Waals surface area contributed by atoms with E-state index < -0.39 is 28.9 Å². The number of imide groups is 1. The second-order valence-electron chi connectivity index (χ2n) is 5.66. The van der Waals surface area contributed by atoms with E-state index in [1.54, 1.807) is 18.5 Å². The van der Waals surface area contributed by atoms with E-state index in [-0.39, 0.29) is 16.1 Å². The smallest absolute Gasteiger partial charge is 0.339 e. The van der Waals surface area contributed by atoms with Crippen LogP contribution in [-0.2, 0) is 16.6 Å². The Balaban J connectivity index is 2.13. The summed E-state index contributed by atoms with van der Waals surface area (Å²) in [6.45, 7) is 3.27. The molecule has 3 amide bonds. The number of nitro groups is 1. The monoisotopic (exact) mass is 422 g/mol. The van der Waals surface area contributed by atoms with Crippen LogP contribution in [0.1, 0.15) is 24.2 Å². The van der Waals surface area contributed by atoms with E-state index in [4.69, 9.17) is 4.74 Å². The molecule has 0 unspecified atom stereocenters. The van der Waals surface area contributed by atoms with E-state index in [0.29, 0.717) is 11.7 Å². The first-order chi connectivity index (χ1) is 13.7. The Labute approximate surface area is 169 Å². The summed E-state index contributed by atoms with van der Waals surface area (Å²) in [7, 11) is 1.69. The molecule has 0 fully saturated rings. The molecule has 0 radical (unpaired) electrons. The van der Waals surface area contributed by atoms with Gasteiger partial charge in [-0.2, -0.15) is 0 Å². The number of aryl methyl sites for hydroxylation is 1. The fourth-order valence-electron chi connectivity index (χ4n) is 2.04. The minimum Gasteiger partial charge on any atom is -0.449 e. The van der Waals surface area contributed by atoms with Crippen LogP contribution in [0.15, 0.2) is 34.6 Å². The van der Waals surface area contributed by atoms with E-state index in [1.807, 2.05) is 5.32 Å². The number of urea groups is 1. The second-order valence-corrected chi connectivity index (χ2v) is 6.67. The zero-order chi connectivity index (χ0) is 21.6. The average Bonchev–Trinajstić information content (AvgIpc) is 3.06. The highest BCUT2D eigenvalue weighted by atomic mass is 32.2. The lowest BCUT2D eigenvalue weighted by molar-refractivity contribution is -0.387. The van der Waals surface area contributed by atoms with Gasteiger partial charge in [-0.15, -0.1) is 10.2 Å². The summed E-state index contributed by atoms with van der Waals surface area (Å²) in [5.41, 5.74) is -0.441. The largest absolute Gasteiger partial charge is 0.449 e. The van der Waals surface area contributed by atoms with Crippen LogP contribution in [0.4, 0.5) is 10.5 Å². The lowest BCUT2D eigenvalue weighted by Crippen LogP contribution is -2.44. The van der Waals surface area contributed by atoms with Crippen LogP contribution in [0, 0.1) is 10.1 Å². The summed E-state index contributed by atoms with van der Waals surface area (Å²) in [6, 6.07) is 3.05. The van der Waals surface area contributed by atoms with Crippen molar-refractivity contribution in [3.05, 3.63) is 40.2 Å². The number of ether oxygens (including phenoxy) is 1. The van der Waals surface area contributed by atoms with Gasteiger partial charge in [0.1, 0.15) is 6.33 Å². The number of amides is 3. The Hall–Kier alpha value is -3.48. The van der Waals surface area contributed by atoms with Crippen molar-refractivity contribution >= 4 is 35.4 Å². The Kier molecular flexibility index (Phi) is 7.25. The molecular weight excluding hydrogens is 404 g/mol. The minimum atomic E-state index is -1.28. The van der Waals surface area contributed by atoms with Crippen LogP contribution in [0.5, 0.6) is 0 Å². The molecule has 2 N–H and O–H groups in total. The molecule has 0 aliphatic rings. The molecule has 1 heterocycles. The van der Waals surface area contributed by atoms with E-state index in [1.165, 1.54) is 25.4 Å². The van der Waals surface area contributed by atoms with E-state index in [2.05, 4.69) is 15.5 Å². The van der Waals surface area contributed by atoms with E-state index in [9.17, 15) is 24.5 Å². The third kappa shape index (κ3) is 5.75. The first kappa shape index (κ1) is 21.8. The summed E-state index contributed by atoms with van der Waals surface area (Å²) < 4.78 is 6.58. The third-order valence-corrected chi connectivity index (χ3v) is 4.61. The third-order valence-electron chi connectivity index (χ3n) is 3.49. The maximum absolute atomic E-state index is 12.3. The number of rotatable bonds is 7. The topological polar surface area (TPSA) is 158 Å². The highest BCUT2D eigenvalue weighted by molar-refractivity contribution is 7.99. The van der Waals surface area contributed by atoms with Crippen LogP contribution in [0.25, 0.3) is 0 Å². The number of nitro benzene ring substituents is 1. The van der Waals surface area contributed by atoms with Crippen LogP contribution < -0.4 is 10.6 Å². The van der Waals surface area contributed by atoms with Gasteiger partial charge in [0.15, 0.2) is 11.3 Å². The number of nitrogens with one attached hydrogen (secondary N) is 2. The number of aromatic nitrogens is 3. The highest BCUT2D eigenvalue weighted by Gasteiger charge is 2.24. The van der Waals surface area contributed by atoms with Gasteiger partial charge in [-0.1, -0.05) is 0 Å². The number of hydrogen-bond acceptors (Lipinski definition) is 9. The number of carbonyl (C=O) groups is 3. The Bertz CT molecular complexity index is 946. The summed E-state index contributed by atoms with van der Waals surface area (Å²) in [5, 5.41) is 23.8. The molecule has 1 aromatic heterocycles. The first-order valence-electron chi connectivity index (χ1n) is 8.32. The maximum Gasteiger partial charge on any atom is 0.339 e. The predicted octanol–water partition coefficient (Wildman–Crippen LogP) is 1.27. The molecule has 2 rings (SSSR count). The number of benzene rings is 1. The maximum atomic E-state index is 12.3. The quantitative estimate of drug-likeness (QED) is 0.380. The van der Waals surface area contributed by atoms with Crippen molar-refractivity contribution in [3.8, 4) is 0 Å². The van der Waals surface area contributed by atoms with Gasteiger partial charge in [0.05, 0.1) is 15.4 Å². The zero-order valence-electron chi connectivity index (χ0n) is 15.7. The molecule has 0 aliphatic heterocycles. The van der Waals surface area contributed by atoms with Crippen LogP contribution in [-0.4, -0.2) is 50.2 Å². The van der Waals surface area contributed by atoms with Crippen molar-refractivity contribution in [1.29, 1.82) is 0 Å². The number of esters is 1. The lowest BCUT2D eigenvalue weighted by atomic mass is 10.2. The predicted molar refractivity (Wildman–Crippen MR) is 100 cm³/mol. The van der Waals surface area contributed by atoms with Gasteiger partial charge in [0, 0.05) is 19.7 Å². The zero-order valence-corrected chi connectivity index (χ0v) is 16.6. The summed E-state index contributed by atoms with van der Waals surface area (Å²) in [4.78, 5) is 46.5. The molecule has 0 bridgehead atoms. The van der Waals surface area contributed by atoms with Crippen molar-refractivity contribution in [1.82, 2.24) is 25.4 Å². The minimum absolute atomic E-state index is 0.114. The molecule has 12 nitrogen and oxygen atoms in total. The normalized spacial score (nSPS) is 11.4. The summed E-state index contributed by atoms with van der Waals surface area (Å²) in [6.07, 6.45) is 0.171. The summed E-state index contributed by atoms with van der Waals surface area (Å²) in [5.74, 6) is -1.77. The fourth-order valence-corrected chi connectivity index (χ4v) is 2.89. The number of carbonyl (C=O) groups excluding carboxylic acids is 3. The lowest BCUT2D eigenvalue weighted by Gasteiger charge is -2.13. The van der Waals surface area contributed by atoms with Crippen molar-refractivity contribution in [2.75, 3.05) is 6.54 Å². The standard InChI is InChI=1S/C16H18N6O6S/c1-4-17-15(25)19-13(23)9(2)28-14(24)10-5-6-12(11(7-10)22(26)27)29-16-20-18-8-21(16)3/h5-9H,4H2,1-3H3,(H2,17,19,23,25)/t9-/m0/s1. The fraction of sp³-hybridized carbons (Fsp3) is 0.312. The van der Waals surface area contributed by atoms with Gasteiger partial charge in [0.2, 0.25) is 0 Å². The van der Waals surface area contributed by atoms with Crippen molar-refractivity contribution < 1.29 is 24.0 Å². The van der Waals surface area contributed by atoms with Crippen molar-refractivity contribution in [3.63, 3.8) is 0 Å². The van der Waals surface area contributed by atoms with Crippen molar-refractivity contribution in [2.45, 2.75) is 30.0 Å². The Morgan fingerprint density at radius 2 is 2.10 bits per heavy atom. The van der Waals surface area contributed by atoms with Gasteiger partial charge in [-0.05, 0) is 37.7 Å². The molecule has 2 aromatic rings. The number of hydrogen-bond donors (Lipinski definition) is 2. The van der Waals surface area contributed by atoms with Gasteiger partial charge >= 0.3 is 12.0 Å². The molecule has 1 aromatic carbocycles. The molecule has 1 atom stereocenters. The molecular formula is C16H18N6O6S. The molecule has 29 heavy (non-hydrogen) atoms. The highest BCUT2D eigenvalue weighted by Crippen LogP contribution is 2.34. The number of nitrogens with zero attached hydrogens (tertiary/aromatic N) is 4. The average molecular weight is 422 g/mol. The van der Waals surface area contributed by atoms with Crippen molar-refractivity contribution in [2.24, 2.45) is 7.05 Å². The van der Waals surface area contributed by atoms with Crippen LogP contribution in [0.3, 0.4) is 0 Å². The van der Waals surface area contributed by atoms with E-state index in [0.717, 1.165) is 17.8 Å². The van der Waals surface area contributed by atoms with Crippen LogP contribution in [0.2, 0.25) is 0 Å². The van der Waals surface area contributed by atoms with Gasteiger partial charge in [-0.3, -0.25) is 20.2 Å². The molecule has 0 saturated carbocycles. The first-order valence-corrected chi connectivity index (χ1v) is 9.14. The Morgan fingerprint density at radius 3 is 2.69 bits per heavy atom. The summed E-state index contributed by atoms with van der Waals surface area (Å²) >= 11 is 1.01.